The van der Waals surface area contributed by atoms with Crippen LogP contribution in [-0.4, -0.2) is 71.2 Å². The molecule has 1 aliphatic heterocycles. The smallest absolute Gasteiger partial charge is 0.410 e. The SMILES string of the molecule is CCOc1cc2ncnc(Nc3ccc(Oc4cc5nncn5cn4)c(C)c3)c2cc1NC(=O)/C=C/[C@H]1CCCN1C(=O)OC(C)(C)C. The zero-order valence-electron chi connectivity index (χ0n) is 27.4. The molecule has 248 valence electrons. The van der Waals surface area contributed by atoms with Gasteiger partial charge in [-0.25, -0.2) is 19.7 Å². The number of carbonyl (C=O) groups is 2. The van der Waals surface area contributed by atoms with Gasteiger partial charge in [0.25, 0.3) is 0 Å². The molecule has 2 N–H and O–H groups in total. The number of nitrogens with zero attached hydrogens (tertiary/aromatic N) is 7. The number of ether oxygens (including phenoxy) is 3. The number of anilines is 3. The van der Waals surface area contributed by atoms with E-state index in [-0.39, 0.29) is 18.0 Å². The molecule has 0 unspecified atom stereocenters. The number of amides is 2. The minimum Gasteiger partial charge on any atom is -0.492 e. The van der Waals surface area contributed by atoms with Crippen LogP contribution in [0.5, 0.6) is 17.4 Å². The van der Waals surface area contributed by atoms with Gasteiger partial charge >= 0.3 is 6.09 Å². The van der Waals surface area contributed by atoms with Gasteiger partial charge in [0.2, 0.25) is 11.8 Å². The Labute approximate surface area is 277 Å². The van der Waals surface area contributed by atoms with Crippen LogP contribution in [0.25, 0.3) is 16.6 Å². The van der Waals surface area contributed by atoms with E-state index < -0.39 is 5.60 Å². The molecule has 0 aliphatic carbocycles. The normalized spacial score (nSPS) is 14.9. The predicted octanol–water partition coefficient (Wildman–Crippen LogP) is 6.20. The highest BCUT2D eigenvalue weighted by Crippen LogP contribution is 2.34. The molecule has 5 aromatic rings. The molecule has 1 fully saturated rings. The van der Waals surface area contributed by atoms with Crippen molar-refractivity contribution in [2.75, 3.05) is 23.8 Å². The van der Waals surface area contributed by atoms with Gasteiger partial charge in [-0.05, 0) is 77.3 Å². The van der Waals surface area contributed by atoms with Gasteiger partial charge in [0, 0.05) is 35.8 Å². The molecule has 1 aliphatic rings. The third-order valence-electron chi connectivity index (χ3n) is 7.51. The first-order valence-electron chi connectivity index (χ1n) is 15.7. The van der Waals surface area contributed by atoms with Crippen LogP contribution in [0.3, 0.4) is 0 Å². The number of hydrogen-bond acceptors (Lipinski definition) is 11. The lowest BCUT2D eigenvalue weighted by atomic mass is 10.1. The van der Waals surface area contributed by atoms with Gasteiger partial charge in [0.05, 0.1) is 23.9 Å². The Balaban J connectivity index is 1.19. The maximum atomic E-state index is 13.1. The van der Waals surface area contributed by atoms with E-state index in [0.717, 1.165) is 24.1 Å². The summed E-state index contributed by atoms with van der Waals surface area (Å²) >= 11 is 0. The summed E-state index contributed by atoms with van der Waals surface area (Å²) in [7, 11) is 0. The first-order chi connectivity index (χ1) is 23.1. The number of benzene rings is 2. The standard InChI is InChI=1S/C34H37N9O5/c1-6-46-28-16-25-24(15-26(28)40-30(44)12-10-23-8-7-13-43(23)33(45)48-34(3,4)5)32(36-18-35-25)39-22-9-11-27(21(2)14-22)47-31-17-29-41-38-20-42(29)19-37-31/h9-12,14-20,23H,6-8,13H2,1-5H3,(H,40,44)(H,35,36,39)/b12-10+/t23-/m1/s1. The number of rotatable bonds is 9. The van der Waals surface area contributed by atoms with Crippen LogP contribution in [0.15, 0.2) is 67.5 Å². The Morgan fingerprint density at radius 2 is 1.92 bits per heavy atom. The van der Waals surface area contributed by atoms with Gasteiger partial charge in [-0.2, -0.15) is 0 Å². The fourth-order valence-electron chi connectivity index (χ4n) is 5.33. The molecule has 0 radical (unpaired) electrons. The van der Waals surface area contributed by atoms with Crippen LogP contribution in [0.1, 0.15) is 46.1 Å². The Kier molecular flexibility index (Phi) is 9.06. The fraction of sp³-hybridized carbons (Fsp3) is 0.324. The third kappa shape index (κ3) is 7.43. The van der Waals surface area contributed by atoms with Gasteiger partial charge < -0.3 is 29.7 Å². The van der Waals surface area contributed by atoms with Crippen molar-refractivity contribution in [1.29, 1.82) is 0 Å². The molecular weight excluding hydrogens is 614 g/mol. The quantitative estimate of drug-likeness (QED) is 0.175. The second-order valence-electron chi connectivity index (χ2n) is 12.3. The van der Waals surface area contributed by atoms with Gasteiger partial charge in [0.1, 0.15) is 41.9 Å². The summed E-state index contributed by atoms with van der Waals surface area (Å²) in [6.07, 6.45) is 9.01. The summed E-state index contributed by atoms with van der Waals surface area (Å²) in [6.45, 7) is 10.3. The first kappa shape index (κ1) is 32.2. The molecule has 1 atom stereocenters. The molecule has 3 aromatic heterocycles. The Morgan fingerprint density at radius 1 is 1.06 bits per heavy atom. The minimum absolute atomic E-state index is 0.230. The molecule has 14 nitrogen and oxygen atoms in total. The van der Waals surface area contributed by atoms with E-state index in [4.69, 9.17) is 14.2 Å². The number of carbonyl (C=O) groups excluding carboxylic acids is 2. The second kappa shape index (κ2) is 13.5. The number of fused-ring (bicyclic) bond motifs is 2. The monoisotopic (exact) mass is 651 g/mol. The number of hydrogen-bond donors (Lipinski definition) is 2. The van der Waals surface area contributed by atoms with Crippen LogP contribution in [0.2, 0.25) is 0 Å². The highest BCUT2D eigenvalue weighted by Gasteiger charge is 2.30. The summed E-state index contributed by atoms with van der Waals surface area (Å²) in [5.74, 6) is 1.69. The van der Waals surface area contributed by atoms with Crippen LogP contribution < -0.4 is 20.1 Å². The van der Waals surface area contributed by atoms with Gasteiger partial charge in [-0.3, -0.25) is 9.20 Å². The van der Waals surface area contributed by atoms with Crippen molar-refractivity contribution in [3.63, 3.8) is 0 Å². The summed E-state index contributed by atoms with van der Waals surface area (Å²) in [5, 5.41) is 14.9. The third-order valence-corrected chi connectivity index (χ3v) is 7.51. The van der Waals surface area contributed by atoms with Crippen LogP contribution >= 0.6 is 0 Å². The maximum Gasteiger partial charge on any atom is 0.410 e. The highest BCUT2D eigenvalue weighted by atomic mass is 16.6. The van der Waals surface area contributed by atoms with Gasteiger partial charge in [-0.1, -0.05) is 6.08 Å². The molecular formula is C34H37N9O5. The minimum atomic E-state index is -0.599. The summed E-state index contributed by atoms with van der Waals surface area (Å²) in [5.41, 5.74) is 2.77. The van der Waals surface area contributed by atoms with E-state index >= 15 is 0 Å². The first-order valence-corrected chi connectivity index (χ1v) is 15.7. The Bertz CT molecular complexity index is 2000. The zero-order chi connectivity index (χ0) is 33.8. The van der Waals surface area contributed by atoms with E-state index in [1.807, 2.05) is 52.8 Å². The predicted molar refractivity (Wildman–Crippen MR) is 180 cm³/mol. The molecule has 14 heteroatoms. The number of aryl methyl sites for hydroxylation is 1. The summed E-state index contributed by atoms with van der Waals surface area (Å²) < 4.78 is 19.1. The van der Waals surface area contributed by atoms with E-state index in [1.165, 1.54) is 12.4 Å². The summed E-state index contributed by atoms with van der Waals surface area (Å²) in [4.78, 5) is 40.7. The van der Waals surface area contributed by atoms with E-state index in [1.54, 1.807) is 46.2 Å². The maximum absolute atomic E-state index is 13.1. The van der Waals surface area contributed by atoms with Crippen molar-refractivity contribution in [1.82, 2.24) is 34.4 Å². The molecule has 4 heterocycles. The van der Waals surface area contributed by atoms with Crippen molar-refractivity contribution in [2.45, 2.75) is 59.1 Å². The van der Waals surface area contributed by atoms with Gasteiger partial charge in [0.15, 0.2) is 5.65 Å². The van der Waals surface area contributed by atoms with Crippen LogP contribution in [-0.2, 0) is 9.53 Å². The van der Waals surface area contributed by atoms with Crippen LogP contribution in [0.4, 0.5) is 22.0 Å². The molecule has 1 saturated heterocycles. The van der Waals surface area contributed by atoms with Crippen molar-refractivity contribution in [3.05, 3.63) is 73.1 Å². The summed E-state index contributed by atoms with van der Waals surface area (Å²) in [6, 6.07) is 10.7. The Hall–Kier alpha value is -5.79. The van der Waals surface area contributed by atoms with Crippen molar-refractivity contribution in [2.24, 2.45) is 0 Å². The van der Waals surface area contributed by atoms with Crippen molar-refractivity contribution < 1.29 is 23.8 Å². The van der Waals surface area contributed by atoms with E-state index in [0.29, 0.717) is 58.6 Å². The van der Waals surface area contributed by atoms with E-state index in [9.17, 15) is 9.59 Å². The lowest BCUT2D eigenvalue weighted by molar-refractivity contribution is -0.112. The van der Waals surface area contributed by atoms with Crippen LogP contribution in [0, 0.1) is 6.92 Å². The number of likely N-dealkylation sites (tertiary alicyclic amines) is 1. The highest BCUT2D eigenvalue weighted by molar-refractivity contribution is 6.03. The topological polar surface area (TPSA) is 158 Å². The molecule has 2 amide bonds. The molecule has 0 spiro atoms. The second-order valence-corrected chi connectivity index (χ2v) is 12.3. The zero-order valence-corrected chi connectivity index (χ0v) is 27.4. The van der Waals surface area contributed by atoms with Gasteiger partial charge in [-0.15, -0.1) is 10.2 Å². The van der Waals surface area contributed by atoms with E-state index in [2.05, 4.69) is 35.8 Å². The molecule has 2 aromatic carbocycles. The Morgan fingerprint density at radius 3 is 2.71 bits per heavy atom. The number of nitrogens with one attached hydrogen (secondary N) is 2. The molecule has 0 bridgehead atoms. The van der Waals surface area contributed by atoms with Crippen molar-refractivity contribution >= 4 is 45.7 Å². The number of aromatic nitrogens is 6. The molecule has 6 rings (SSSR count). The molecule has 0 saturated carbocycles. The largest absolute Gasteiger partial charge is 0.492 e. The fourth-order valence-corrected chi connectivity index (χ4v) is 5.33. The average molecular weight is 652 g/mol. The van der Waals surface area contributed by atoms with Crippen molar-refractivity contribution in [3.8, 4) is 17.4 Å². The molecule has 48 heavy (non-hydrogen) atoms. The lowest BCUT2D eigenvalue weighted by Gasteiger charge is -2.27. The lowest BCUT2D eigenvalue weighted by Crippen LogP contribution is -2.39. The average Bonchev–Trinajstić information content (AvgIpc) is 3.71.